The van der Waals surface area contributed by atoms with Crippen LogP contribution in [-0.4, -0.2) is 20.1 Å². The van der Waals surface area contributed by atoms with Crippen LogP contribution in [0.5, 0.6) is 0 Å². The molecule has 17 heavy (non-hydrogen) atoms. The first-order valence-corrected chi connectivity index (χ1v) is 6.86. The van der Waals surface area contributed by atoms with Crippen molar-refractivity contribution in [1.82, 2.24) is 10.6 Å². The molecule has 0 amide bonds. The first-order chi connectivity index (χ1) is 8.40. The SMILES string of the molecule is CNCCCCNCc1ccc2c(c1)CCC2. The third kappa shape index (κ3) is 3.83. The molecule has 2 N–H and O–H groups in total. The van der Waals surface area contributed by atoms with E-state index in [1.807, 2.05) is 7.05 Å². The van der Waals surface area contributed by atoms with Crippen LogP contribution in [0.3, 0.4) is 0 Å². The Balaban J connectivity index is 1.69. The van der Waals surface area contributed by atoms with Gasteiger partial charge in [0.05, 0.1) is 0 Å². The smallest absolute Gasteiger partial charge is 0.0205 e. The highest BCUT2D eigenvalue weighted by Gasteiger charge is 2.10. The number of hydrogen-bond donors (Lipinski definition) is 2. The zero-order valence-corrected chi connectivity index (χ0v) is 10.9. The maximum Gasteiger partial charge on any atom is 0.0205 e. The molecule has 0 fully saturated rings. The minimum absolute atomic E-state index is 1.02. The number of rotatable bonds is 7. The van der Waals surface area contributed by atoms with Gasteiger partial charge >= 0.3 is 0 Å². The highest BCUT2D eigenvalue weighted by molar-refractivity contribution is 5.35. The predicted molar refractivity (Wildman–Crippen MR) is 73.3 cm³/mol. The van der Waals surface area contributed by atoms with Crippen molar-refractivity contribution in [2.24, 2.45) is 0 Å². The third-order valence-corrected chi connectivity index (χ3v) is 3.52. The van der Waals surface area contributed by atoms with E-state index in [4.69, 9.17) is 0 Å². The molecule has 0 saturated heterocycles. The lowest BCUT2D eigenvalue weighted by molar-refractivity contribution is 0.605. The van der Waals surface area contributed by atoms with Crippen LogP contribution in [0.1, 0.15) is 36.0 Å². The Morgan fingerprint density at radius 2 is 1.88 bits per heavy atom. The highest BCUT2D eigenvalue weighted by atomic mass is 14.8. The predicted octanol–water partition coefficient (Wildman–Crippen LogP) is 2.26. The van der Waals surface area contributed by atoms with Gasteiger partial charge in [-0.05, 0) is 68.9 Å². The fraction of sp³-hybridized carbons (Fsp3) is 0.600. The van der Waals surface area contributed by atoms with Crippen molar-refractivity contribution in [3.8, 4) is 0 Å². The quantitative estimate of drug-likeness (QED) is 0.705. The molecule has 0 aliphatic heterocycles. The van der Waals surface area contributed by atoms with E-state index in [1.165, 1.54) is 37.7 Å². The van der Waals surface area contributed by atoms with Gasteiger partial charge in [-0.3, -0.25) is 0 Å². The van der Waals surface area contributed by atoms with E-state index in [2.05, 4.69) is 28.8 Å². The van der Waals surface area contributed by atoms with Gasteiger partial charge in [-0.15, -0.1) is 0 Å². The second-order valence-corrected chi connectivity index (χ2v) is 4.94. The standard InChI is InChI=1S/C15H24N2/c1-16-9-2-3-10-17-12-13-7-8-14-5-4-6-15(14)11-13/h7-8,11,16-17H,2-6,9-10,12H2,1H3. The summed E-state index contributed by atoms with van der Waals surface area (Å²) in [7, 11) is 2.01. The third-order valence-electron chi connectivity index (χ3n) is 3.52. The summed E-state index contributed by atoms with van der Waals surface area (Å²) in [6.07, 6.45) is 6.42. The van der Waals surface area contributed by atoms with Gasteiger partial charge < -0.3 is 10.6 Å². The molecule has 94 valence electrons. The van der Waals surface area contributed by atoms with Crippen LogP contribution in [0, 0.1) is 0 Å². The molecule has 1 aromatic rings. The fourth-order valence-corrected chi connectivity index (χ4v) is 2.52. The van der Waals surface area contributed by atoms with Gasteiger partial charge in [0.25, 0.3) is 0 Å². The molecule has 0 bridgehead atoms. The molecule has 1 aliphatic carbocycles. The van der Waals surface area contributed by atoms with E-state index in [-0.39, 0.29) is 0 Å². The number of nitrogens with one attached hydrogen (secondary N) is 2. The molecule has 1 aromatic carbocycles. The molecule has 2 nitrogen and oxygen atoms in total. The van der Waals surface area contributed by atoms with Gasteiger partial charge in [-0.1, -0.05) is 18.2 Å². The zero-order chi connectivity index (χ0) is 11.9. The molecular formula is C15H24N2. The molecule has 0 aromatic heterocycles. The topological polar surface area (TPSA) is 24.1 Å². The second-order valence-electron chi connectivity index (χ2n) is 4.94. The monoisotopic (exact) mass is 232 g/mol. The van der Waals surface area contributed by atoms with E-state index in [0.717, 1.165) is 19.6 Å². The second kappa shape index (κ2) is 6.77. The van der Waals surface area contributed by atoms with Crippen LogP contribution in [-0.2, 0) is 19.4 Å². The van der Waals surface area contributed by atoms with Crippen molar-refractivity contribution in [3.05, 3.63) is 34.9 Å². The Morgan fingerprint density at radius 3 is 2.76 bits per heavy atom. The summed E-state index contributed by atoms with van der Waals surface area (Å²) >= 11 is 0. The normalized spacial score (nSPS) is 13.9. The molecule has 0 radical (unpaired) electrons. The summed E-state index contributed by atoms with van der Waals surface area (Å²) in [5.74, 6) is 0. The lowest BCUT2D eigenvalue weighted by Gasteiger charge is -2.07. The molecule has 2 rings (SSSR count). The largest absolute Gasteiger partial charge is 0.320 e. The Morgan fingerprint density at radius 1 is 1.06 bits per heavy atom. The summed E-state index contributed by atoms with van der Waals surface area (Å²) in [5, 5.41) is 6.70. The average molecular weight is 232 g/mol. The Hall–Kier alpha value is -0.860. The first kappa shape index (κ1) is 12.6. The van der Waals surface area contributed by atoms with Crippen LogP contribution < -0.4 is 10.6 Å². The van der Waals surface area contributed by atoms with E-state index < -0.39 is 0 Å². The van der Waals surface area contributed by atoms with Crippen LogP contribution >= 0.6 is 0 Å². The number of fused-ring (bicyclic) bond motifs is 1. The number of hydrogen-bond acceptors (Lipinski definition) is 2. The molecule has 2 heteroatoms. The summed E-state index contributed by atoms with van der Waals surface area (Å²) in [6.45, 7) is 3.27. The first-order valence-electron chi connectivity index (χ1n) is 6.86. The average Bonchev–Trinajstić information content (AvgIpc) is 2.81. The van der Waals surface area contributed by atoms with Gasteiger partial charge in [-0.25, -0.2) is 0 Å². The molecular weight excluding hydrogens is 208 g/mol. The van der Waals surface area contributed by atoms with Gasteiger partial charge in [0.1, 0.15) is 0 Å². The number of unbranched alkanes of at least 4 members (excludes halogenated alkanes) is 1. The highest BCUT2D eigenvalue weighted by Crippen LogP contribution is 2.22. The maximum absolute atomic E-state index is 3.52. The molecule has 0 heterocycles. The Labute approximate surface area is 105 Å². The summed E-state index contributed by atoms with van der Waals surface area (Å²) in [5.41, 5.74) is 4.60. The van der Waals surface area contributed by atoms with Crippen molar-refractivity contribution < 1.29 is 0 Å². The minimum Gasteiger partial charge on any atom is -0.320 e. The number of aryl methyl sites for hydroxylation is 2. The lowest BCUT2D eigenvalue weighted by atomic mass is 10.1. The molecule has 0 atom stereocenters. The summed E-state index contributed by atoms with van der Waals surface area (Å²) in [4.78, 5) is 0. The van der Waals surface area contributed by atoms with E-state index in [0.29, 0.717) is 0 Å². The van der Waals surface area contributed by atoms with Crippen molar-refractivity contribution >= 4 is 0 Å². The van der Waals surface area contributed by atoms with Crippen molar-refractivity contribution in [1.29, 1.82) is 0 Å². The summed E-state index contributed by atoms with van der Waals surface area (Å²) in [6, 6.07) is 6.99. The van der Waals surface area contributed by atoms with Crippen molar-refractivity contribution in [2.45, 2.75) is 38.6 Å². The van der Waals surface area contributed by atoms with Crippen LogP contribution in [0.15, 0.2) is 18.2 Å². The van der Waals surface area contributed by atoms with Crippen LogP contribution in [0.25, 0.3) is 0 Å². The van der Waals surface area contributed by atoms with Crippen molar-refractivity contribution in [3.63, 3.8) is 0 Å². The van der Waals surface area contributed by atoms with E-state index in [1.54, 1.807) is 11.1 Å². The van der Waals surface area contributed by atoms with E-state index >= 15 is 0 Å². The zero-order valence-electron chi connectivity index (χ0n) is 10.9. The van der Waals surface area contributed by atoms with Gasteiger partial charge in [0.15, 0.2) is 0 Å². The molecule has 0 unspecified atom stereocenters. The molecule has 1 aliphatic rings. The van der Waals surface area contributed by atoms with Gasteiger partial charge in [0.2, 0.25) is 0 Å². The Bertz CT molecular complexity index is 347. The maximum atomic E-state index is 3.52. The van der Waals surface area contributed by atoms with Crippen molar-refractivity contribution in [2.75, 3.05) is 20.1 Å². The molecule has 0 saturated carbocycles. The fourth-order valence-electron chi connectivity index (χ4n) is 2.52. The van der Waals surface area contributed by atoms with Crippen LogP contribution in [0.4, 0.5) is 0 Å². The van der Waals surface area contributed by atoms with Gasteiger partial charge in [0, 0.05) is 6.54 Å². The van der Waals surface area contributed by atoms with E-state index in [9.17, 15) is 0 Å². The van der Waals surface area contributed by atoms with Crippen LogP contribution in [0.2, 0.25) is 0 Å². The Kier molecular flexibility index (Phi) is 5.02. The van der Waals surface area contributed by atoms with Gasteiger partial charge in [-0.2, -0.15) is 0 Å². The number of benzene rings is 1. The minimum atomic E-state index is 1.02. The molecule has 0 spiro atoms. The lowest BCUT2D eigenvalue weighted by Crippen LogP contribution is -2.16. The summed E-state index contributed by atoms with van der Waals surface area (Å²) < 4.78 is 0.